The molecule has 1 unspecified atom stereocenters. The summed E-state index contributed by atoms with van der Waals surface area (Å²) in [6, 6.07) is 14.9. The summed E-state index contributed by atoms with van der Waals surface area (Å²) in [7, 11) is 1.67. The Labute approximate surface area is 227 Å². The van der Waals surface area contributed by atoms with Gasteiger partial charge in [-0.25, -0.2) is 9.59 Å². The maximum atomic E-state index is 13.4. The molecule has 1 N–H and O–H groups in total. The number of oxazole rings is 1. The molecule has 1 aromatic heterocycles. The first-order chi connectivity index (χ1) is 18.5. The molecular formula is C30H34N4O5. The summed E-state index contributed by atoms with van der Waals surface area (Å²) in [4.78, 5) is 39.5. The molecule has 2 amide bonds. The lowest BCUT2D eigenvalue weighted by molar-refractivity contribution is -0.129. The maximum Gasteiger partial charge on any atom is 0.419 e. The van der Waals surface area contributed by atoms with Crippen molar-refractivity contribution in [2.24, 2.45) is 18.4 Å². The van der Waals surface area contributed by atoms with Crippen LogP contribution in [0.1, 0.15) is 45.6 Å². The third-order valence-electron chi connectivity index (χ3n) is 7.96. The van der Waals surface area contributed by atoms with Crippen LogP contribution in [0.2, 0.25) is 0 Å². The normalized spacial score (nSPS) is 18.9. The fraction of sp³-hybridized carbons (Fsp3) is 0.467. The van der Waals surface area contributed by atoms with Crippen molar-refractivity contribution in [2.45, 2.75) is 58.1 Å². The molecule has 1 saturated carbocycles. The van der Waals surface area contributed by atoms with Crippen LogP contribution in [0.25, 0.3) is 22.2 Å². The molecule has 2 aromatic carbocycles. The van der Waals surface area contributed by atoms with E-state index in [2.05, 4.69) is 11.4 Å². The van der Waals surface area contributed by atoms with Crippen LogP contribution in [0, 0.1) is 22.7 Å². The van der Waals surface area contributed by atoms with E-state index < -0.39 is 23.5 Å². The van der Waals surface area contributed by atoms with Crippen LogP contribution < -0.4 is 11.1 Å². The Morgan fingerprint density at radius 3 is 2.49 bits per heavy atom. The van der Waals surface area contributed by atoms with Gasteiger partial charge in [-0.05, 0) is 62.4 Å². The second kappa shape index (κ2) is 9.92. The van der Waals surface area contributed by atoms with E-state index in [-0.39, 0.29) is 17.2 Å². The molecule has 9 heteroatoms. The Kier molecular flexibility index (Phi) is 6.75. The average Bonchev–Trinajstić information content (AvgIpc) is 3.42. The van der Waals surface area contributed by atoms with Crippen molar-refractivity contribution in [2.75, 3.05) is 13.1 Å². The van der Waals surface area contributed by atoms with Gasteiger partial charge in [-0.3, -0.25) is 9.36 Å². The minimum Gasteiger partial charge on any atom is -0.444 e. The average molecular weight is 531 g/mol. The Hall–Kier alpha value is -4.06. The highest BCUT2D eigenvalue weighted by molar-refractivity contribution is 5.83. The molecule has 2 aliphatic rings. The molecule has 204 valence electrons. The minimum absolute atomic E-state index is 0.178. The second-order valence-corrected chi connectivity index (χ2v) is 11.8. The number of nitrogens with zero attached hydrogens (tertiary/aromatic N) is 3. The number of nitriles is 1. The van der Waals surface area contributed by atoms with E-state index in [0.717, 1.165) is 41.5 Å². The van der Waals surface area contributed by atoms with Crippen LogP contribution in [0.5, 0.6) is 0 Å². The number of aromatic nitrogens is 1. The number of ether oxygens (including phenoxy) is 1. The number of benzene rings is 2. The van der Waals surface area contributed by atoms with E-state index in [4.69, 9.17) is 9.15 Å². The standard InChI is InChI=1S/C30H34N4O5/c1-29(2,3)39-28(37)34-17-23(30(18-34)12-5-13-30)26(35)32-22(16-31)14-19-6-8-20(9-7-19)21-10-11-25-24(15-21)33(4)27(36)38-25/h6-11,15,22-23H,5,12-14,17-18H2,1-4H3,(H,32,35)/t22-,23?/m0/s1. The number of fused-ring (bicyclic) bond motifs is 1. The molecule has 2 fully saturated rings. The van der Waals surface area contributed by atoms with Gasteiger partial charge in [0.25, 0.3) is 0 Å². The van der Waals surface area contributed by atoms with E-state index in [0.29, 0.717) is 25.1 Å². The van der Waals surface area contributed by atoms with Crippen LogP contribution in [-0.4, -0.2) is 46.2 Å². The van der Waals surface area contributed by atoms with Gasteiger partial charge in [-0.15, -0.1) is 0 Å². The van der Waals surface area contributed by atoms with E-state index >= 15 is 0 Å². The second-order valence-electron chi connectivity index (χ2n) is 11.8. The number of rotatable bonds is 5. The zero-order chi connectivity index (χ0) is 27.9. The first-order valence-corrected chi connectivity index (χ1v) is 13.3. The number of carbonyl (C=O) groups excluding carboxylic acids is 2. The maximum absolute atomic E-state index is 13.4. The van der Waals surface area contributed by atoms with Crippen LogP contribution in [0.3, 0.4) is 0 Å². The SMILES string of the molecule is Cn1c(=O)oc2ccc(-c3ccc(C[C@@H](C#N)NC(=O)C4CN(C(=O)OC(C)(C)C)CC45CCC5)cc3)cc21. The number of carbonyl (C=O) groups is 2. The van der Waals surface area contributed by atoms with Crippen molar-refractivity contribution in [3.05, 3.63) is 58.6 Å². The van der Waals surface area contributed by atoms with Crippen LogP contribution in [0.4, 0.5) is 4.79 Å². The molecule has 2 heterocycles. The van der Waals surface area contributed by atoms with Gasteiger partial charge in [0.2, 0.25) is 5.91 Å². The first kappa shape index (κ1) is 26.5. The van der Waals surface area contributed by atoms with E-state index in [1.54, 1.807) is 18.0 Å². The molecular weight excluding hydrogens is 496 g/mol. The van der Waals surface area contributed by atoms with Crippen LogP contribution >= 0.6 is 0 Å². The number of aryl methyl sites for hydroxylation is 1. The van der Waals surface area contributed by atoms with Crippen LogP contribution in [-0.2, 0) is 23.0 Å². The van der Waals surface area contributed by atoms with Gasteiger partial charge in [-0.2, -0.15) is 5.26 Å². The molecule has 1 spiro atoms. The zero-order valence-electron chi connectivity index (χ0n) is 22.8. The fourth-order valence-electron chi connectivity index (χ4n) is 5.71. The summed E-state index contributed by atoms with van der Waals surface area (Å²) in [6.07, 6.45) is 2.79. The number of likely N-dealkylation sites (tertiary alicyclic amines) is 1. The largest absolute Gasteiger partial charge is 0.444 e. The Bertz CT molecular complexity index is 1500. The monoisotopic (exact) mass is 530 g/mol. The predicted octanol–water partition coefficient (Wildman–Crippen LogP) is 4.39. The first-order valence-electron chi connectivity index (χ1n) is 13.3. The van der Waals surface area contributed by atoms with E-state index in [1.807, 2.05) is 57.2 Å². The summed E-state index contributed by atoms with van der Waals surface area (Å²) < 4.78 is 12.2. The minimum atomic E-state index is -0.687. The van der Waals surface area contributed by atoms with Gasteiger partial charge in [0, 0.05) is 32.0 Å². The van der Waals surface area contributed by atoms with Crippen molar-refractivity contribution in [3.63, 3.8) is 0 Å². The van der Waals surface area contributed by atoms with Gasteiger partial charge in [-0.1, -0.05) is 36.8 Å². The molecule has 1 saturated heterocycles. The molecule has 5 rings (SSSR count). The molecule has 1 aliphatic heterocycles. The predicted molar refractivity (Wildman–Crippen MR) is 146 cm³/mol. The lowest BCUT2D eigenvalue weighted by atomic mass is 9.62. The summed E-state index contributed by atoms with van der Waals surface area (Å²) in [5.74, 6) is -0.936. The topological polar surface area (TPSA) is 118 Å². The summed E-state index contributed by atoms with van der Waals surface area (Å²) in [6.45, 7) is 6.30. The third-order valence-corrected chi connectivity index (χ3v) is 7.96. The highest BCUT2D eigenvalue weighted by Gasteiger charge is 2.55. The van der Waals surface area contributed by atoms with Crippen molar-refractivity contribution >= 4 is 23.1 Å². The van der Waals surface area contributed by atoms with Gasteiger partial charge in [0.05, 0.1) is 17.5 Å². The number of amides is 2. The van der Waals surface area contributed by atoms with Crippen molar-refractivity contribution < 1.29 is 18.7 Å². The van der Waals surface area contributed by atoms with Gasteiger partial charge >= 0.3 is 11.8 Å². The Morgan fingerprint density at radius 2 is 1.87 bits per heavy atom. The third kappa shape index (κ3) is 5.29. The Morgan fingerprint density at radius 1 is 1.18 bits per heavy atom. The molecule has 9 nitrogen and oxygen atoms in total. The summed E-state index contributed by atoms with van der Waals surface area (Å²) in [5.41, 5.74) is 3.25. The van der Waals surface area contributed by atoms with E-state index in [9.17, 15) is 19.6 Å². The molecule has 0 bridgehead atoms. The molecule has 39 heavy (non-hydrogen) atoms. The quantitative estimate of drug-likeness (QED) is 0.523. The zero-order valence-corrected chi connectivity index (χ0v) is 22.8. The summed E-state index contributed by atoms with van der Waals surface area (Å²) >= 11 is 0. The lowest BCUT2D eigenvalue weighted by Gasteiger charge is -2.42. The number of hydrogen-bond acceptors (Lipinski definition) is 6. The van der Waals surface area contributed by atoms with Gasteiger partial charge in [0.1, 0.15) is 11.6 Å². The fourth-order valence-corrected chi connectivity index (χ4v) is 5.71. The van der Waals surface area contributed by atoms with Crippen LogP contribution in [0.15, 0.2) is 51.7 Å². The molecule has 2 atom stereocenters. The lowest BCUT2D eigenvalue weighted by Crippen LogP contribution is -2.48. The van der Waals surface area contributed by atoms with Crippen molar-refractivity contribution in [1.29, 1.82) is 5.26 Å². The molecule has 3 aromatic rings. The Balaban J connectivity index is 1.24. The van der Waals surface area contributed by atoms with Gasteiger partial charge < -0.3 is 19.4 Å². The summed E-state index contributed by atoms with van der Waals surface area (Å²) in [5, 5.41) is 12.8. The van der Waals surface area contributed by atoms with Gasteiger partial charge in [0.15, 0.2) is 5.58 Å². The molecule has 0 radical (unpaired) electrons. The van der Waals surface area contributed by atoms with Crippen molar-refractivity contribution in [1.82, 2.24) is 14.8 Å². The smallest absolute Gasteiger partial charge is 0.419 e. The van der Waals surface area contributed by atoms with E-state index in [1.165, 1.54) is 4.57 Å². The highest BCUT2D eigenvalue weighted by atomic mass is 16.6. The number of nitrogens with one attached hydrogen (secondary N) is 1. The number of hydrogen-bond donors (Lipinski definition) is 1. The van der Waals surface area contributed by atoms with Crippen molar-refractivity contribution in [3.8, 4) is 17.2 Å². The highest BCUT2D eigenvalue weighted by Crippen LogP contribution is 2.52. The molecule has 1 aliphatic carbocycles.